The second-order valence-electron chi connectivity index (χ2n) is 5.21. The van der Waals surface area contributed by atoms with Crippen molar-refractivity contribution < 1.29 is 12.8 Å². The van der Waals surface area contributed by atoms with Gasteiger partial charge in [-0.2, -0.15) is 0 Å². The van der Waals surface area contributed by atoms with E-state index < -0.39 is 10.0 Å². The third-order valence-corrected chi connectivity index (χ3v) is 4.67. The molecule has 0 amide bonds. The van der Waals surface area contributed by atoms with Gasteiger partial charge in [0, 0.05) is 6.04 Å². The Hall–Kier alpha value is -0.850. The summed E-state index contributed by atoms with van der Waals surface area (Å²) in [4.78, 5) is 0. The average molecular weight is 286 g/mol. The molecule has 1 aromatic rings. The van der Waals surface area contributed by atoms with Gasteiger partial charge < -0.3 is 9.73 Å². The zero-order valence-electron chi connectivity index (χ0n) is 11.3. The van der Waals surface area contributed by atoms with Crippen LogP contribution in [-0.4, -0.2) is 14.5 Å². The molecule has 1 heterocycles. The molecular formula is C13H22N2O3S. The van der Waals surface area contributed by atoms with Crippen LogP contribution in [0.15, 0.2) is 21.6 Å². The Morgan fingerprint density at radius 3 is 2.74 bits per heavy atom. The van der Waals surface area contributed by atoms with Crippen LogP contribution in [-0.2, 0) is 16.6 Å². The van der Waals surface area contributed by atoms with Crippen molar-refractivity contribution in [2.24, 2.45) is 11.1 Å². The lowest BCUT2D eigenvalue weighted by Crippen LogP contribution is -2.37. The van der Waals surface area contributed by atoms with Gasteiger partial charge in [0.2, 0.25) is 5.09 Å². The summed E-state index contributed by atoms with van der Waals surface area (Å²) in [5.41, 5.74) is 0. The van der Waals surface area contributed by atoms with Gasteiger partial charge >= 0.3 is 0 Å². The topological polar surface area (TPSA) is 85.3 Å². The normalized spacial score (nSPS) is 24.5. The van der Waals surface area contributed by atoms with Crippen LogP contribution >= 0.6 is 0 Å². The first-order valence-electron chi connectivity index (χ1n) is 6.85. The Labute approximate surface area is 114 Å². The van der Waals surface area contributed by atoms with Gasteiger partial charge in [-0.05, 0) is 30.9 Å². The number of nitrogens with two attached hydrogens (primary N) is 1. The van der Waals surface area contributed by atoms with Gasteiger partial charge in [-0.25, -0.2) is 13.6 Å². The molecule has 1 aliphatic rings. The van der Waals surface area contributed by atoms with Crippen LogP contribution in [0.5, 0.6) is 0 Å². The molecule has 2 unspecified atom stereocenters. The molecule has 1 saturated carbocycles. The van der Waals surface area contributed by atoms with E-state index in [4.69, 9.17) is 9.56 Å². The largest absolute Gasteiger partial charge is 0.447 e. The van der Waals surface area contributed by atoms with Crippen molar-refractivity contribution in [1.82, 2.24) is 5.32 Å². The molecule has 2 atom stereocenters. The molecule has 0 aliphatic heterocycles. The van der Waals surface area contributed by atoms with E-state index in [9.17, 15) is 8.42 Å². The number of nitrogens with one attached hydrogen (secondary N) is 1. The zero-order chi connectivity index (χ0) is 13.9. The lowest BCUT2D eigenvalue weighted by atomic mass is 9.83. The molecule has 1 fully saturated rings. The summed E-state index contributed by atoms with van der Waals surface area (Å²) in [6, 6.07) is 3.57. The number of sulfonamides is 1. The SMILES string of the molecule is CCC1CCCCC1NCc1ccc(S(N)(=O)=O)o1. The standard InChI is InChI=1S/C13H22N2O3S/c1-2-10-5-3-4-6-12(10)15-9-11-7-8-13(18-11)19(14,16)17/h7-8,10,12,15H,2-6,9H2,1H3,(H2,14,16,17). The van der Waals surface area contributed by atoms with Gasteiger partial charge in [-0.1, -0.05) is 26.2 Å². The molecule has 6 heteroatoms. The van der Waals surface area contributed by atoms with E-state index in [1.165, 1.54) is 38.2 Å². The molecule has 0 spiro atoms. The van der Waals surface area contributed by atoms with Gasteiger partial charge in [0.05, 0.1) is 6.54 Å². The number of hydrogen-bond acceptors (Lipinski definition) is 4. The molecule has 0 saturated heterocycles. The van der Waals surface area contributed by atoms with Gasteiger partial charge in [-0.15, -0.1) is 0 Å². The van der Waals surface area contributed by atoms with Crippen LogP contribution in [0.2, 0.25) is 0 Å². The Morgan fingerprint density at radius 1 is 1.37 bits per heavy atom. The minimum Gasteiger partial charge on any atom is -0.447 e. The molecule has 1 aromatic heterocycles. The molecule has 0 bridgehead atoms. The highest BCUT2D eigenvalue weighted by atomic mass is 32.2. The smallest absolute Gasteiger partial charge is 0.271 e. The molecule has 108 valence electrons. The summed E-state index contributed by atoms with van der Waals surface area (Å²) in [5, 5.41) is 8.32. The monoisotopic (exact) mass is 286 g/mol. The van der Waals surface area contributed by atoms with Gasteiger partial charge in [0.1, 0.15) is 5.76 Å². The second-order valence-corrected chi connectivity index (χ2v) is 6.70. The highest BCUT2D eigenvalue weighted by Gasteiger charge is 2.23. The van der Waals surface area contributed by atoms with Crippen molar-refractivity contribution >= 4 is 10.0 Å². The summed E-state index contributed by atoms with van der Waals surface area (Å²) in [7, 11) is -3.74. The van der Waals surface area contributed by atoms with Crippen LogP contribution < -0.4 is 10.5 Å². The van der Waals surface area contributed by atoms with Crippen molar-refractivity contribution in [1.29, 1.82) is 0 Å². The maximum atomic E-state index is 11.1. The Morgan fingerprint density at radius 2 is 2.11 bits per heavy atom. The molecule has 2 rings (SSSR count). The van der Waals surface area contributed by atoms with Gasteiger partial charge in [0.25, 0.3) is 10.0 Å². The van der Waals surface area contributed by atoms with E-state index >= 15 is 0 Å². The second kappa shape index (κ2) is 6.07. The average Bonchev–Trinajstić information content (AvgIpc) is 2.85. The van der Waals surface area contributed by atoms with E-state index in [1.54, 1.807) is 6.07 Å². The molecule has 0 radical (unpaired) electrons. The summed E-state index contributed by atoms with van der Waals surface area (Å²) in [6.07, 6.45) is 6.20. The highest BCUT2D eigenvalue weighted by Crippen LogP contribution is 2.27. The molecule has 5 nitrogen and oxygen atoms in total. The van der Waals surface area contributed by atoms with Crippen LogP contribution in [0.1, 0.15) is 44.8 Å². The van der Waals surface area contributed by atoms with Crippen molar-refractivity contribution in [3.05, 3.63) is 17.9 Å². The predicted octanol–water partition coefficient (Wildman–Crippen LogP) is 1.99. The van der Waals surface area contributed by atoms with Gasteiger partial charge in [0.15, 0.2) is 0 Å². The maximum absolute atomic E-state index is 11.1. The number of rotatable bonds is 5. The van der Waals surface area contributed by atoms with Crippen molar-refractivity contribution in [2.75, 3.05) is 0 Å². The minimum atomic E-state index is -3.74. The van der Waals surface area contributed by atoms with Crippen molar-refractivity contribution in [2.45, 2.75) is 56.7 Å². The van der Waals surface area contributed by atoms with Crippen LogP contribution in [0.25, 0.3) is 0 Å². The Kier molecular flexibility index (Phi) is 4.65. The quantitative estimate of drug-likeness (QED) is 0.866. The van der Waals surface area contributed by atoms with Crippen LogP contribution in [0.4, 0.5) is 0 Å². The van der Waals surface area contributed by atoms with Crippen molar-refractivity contribution in [3.8, 4) is 0 Å². The molecule has 19 heavy (non-hydrogen) atoms. The minimum absolute atomic E-state index is 0.167. The van der Waals surface area contributed by atoms with E-state index in [-0.39, 0.29) is 5.09 Å². The number of furan rings is 1. The van der Waals surface area contributed by atoms with Gasteiger partial charge in [-0.3, -0.25) is 0 Å². The molecule has 3 N–H and O–H groups in total. The molecular weight excluding hydrogens is 264 g/mol. The number of primary sulfonamides is 1. The summed E-state index contributed by atoms with van der Waals surface area (Å²) < 4.78 is 27.5. The highest BCUT2D eigenvalue weighted by molar-refractivity contribution is 7.89. The fourth-order valence-electron chi connectivity index (χ4n) is 2.80. The first kappa shape index (κ1) is 14.6. The lowest BCUT2D eigenvalue weighted by Gasteiger charge is -2.31. The van der Waals surface area contributed by atoms with E-state index in [1.807, 2.05) is 0 Å². The van der Waals surface area contributed by atoms with Crippen LogP contribution in [0.3, 0.4) is 0 Å². The predicted molar refractivity (Wildman–Crippen MR) is 73.0 cm³/mol. The maximum Gasteiger partial charge on any atom is 0.271 e. The van der Waals surface area contributed by atoms with Crippen LogP contribution in [0, 0.1) is 5.92 Å². The summed E-state index contributed by atoms with van der Waals surface area (Å²) in [5.74, 6) is 1.32. The number of hydrogen-bond donors (Lipinski definition) is 2. The Bertz CT molecular complexity index is 510. The zero-order valence-corrected chi connectivity index (χ0v) is 12.1. The fourth-order valence-corrected chi connectivity index (χ4v) is 3.28. The third kappa shape index (κ3) is 3.81. The van der Waals surface area contributed by atoms with E-state index in [0.29, 0.717) is 24.3 Å². The fraction of sp³-hybridized carbons (Fsp3) is 0.692. The summed E-state index contributed by atoms with van der Waals surface area (Å²) in [6.45, 7) is 2.77. The molecule has 0 aromatic carbocycles. The first-order chi connectivity index (χ1) is 9.00. The van der Waals surface area contributed by atoms with E-state index in [2.05, 4.69) is 12.2 Å². The Balaban J connectivity index is 1.93. The van der Waals surface area contributed by atoms with Crippen molar-refractivity contribution in [3.63, 3.8) is 0 Å². The lowest BCUT2D eigenvalue weighted by molar-refractivity contribution is 0.247. The first-order valence-corrected chi connectivity index (χ1v) is 8.40. The van der Waals surface area contributed by atoms with E-state index in [0.717, 1.165) is 0 Å². The summed E-state index contributed by atoms with van der Waals surface area (Å²) >= 11 is 0. The molecule has 1 aliphatic carbocycles. The third-order valence-electron chi connectivity index (χ3n) is 3.89.